The molecule has 0 amide bonds. The van der Waals surface area contributed by atoms with Gasteiger partial charge in [0, 0.05) is 11.6 Å². The van der Waals surface area contributed by atoms with Crippen molar-refractivity contribution in [3.05, 3.63) is 42.1 Å². The minimum absolute atomic E-state index is 0.510. The van der Waals surface area contributed by atoms with Gasteiger partial charge in [-0.05, 0) is 25.1 Å². The first kappa shape index (κ1) is 14.8. The van der Waals surface area contributed by atoms with Crippen LogP contribution in [-0.2, 0) is 0 Å². The molecule has 0 atom stereocenters. The van der Waals surface area contributed by atoms with Gasteiger partial charge in [0.05, 0.1) is 19.0 Å². The van der Waals surface area contributed by atoms with Crippen LogP contribution < -0.4 is 15.2 Å². The second-order valence-corrected chi connectivity index (χ2v) is 3.62. The lowest BCUT2D eigenvalue weighted by atomic mass is 10.2. The molecule has 0 spiro atoms. The van der Waals surface area contributed by atoms with E-state index in [4.69, 9.17) is 15.2 Å². The molecule has 0 aliphatic rings. The number of anilines is 1. The van der Waals surface area contributed by atoms with Crippen molar-refractivity contribution in [2.45, 2.75) is 20.8 Å². The van der Waals surface area contributed by atoms with Crippen molar-refractivity contribution in [3.8, 4) is 17.4 Å². The Labute approximate surface area is 114 Å². The van der Waals surface area contributed by atoms with Crippen LogP contribution in [0.5, 0.6) is 17.4 Å². The van der Waals surface area contributed by atoms with Crippen LogP contribution in [0.2, 0.25) is 0 Å². The highest BCUT2D eigenvalue weighted by Crippen LogP contribution is 2.30. The molecule has 4 nitrogen and oxygen atoms in total. The summed E-state index contributed by atoms with van der Waals surface area (Å²) < 4.78 is 10.9. The molecular formula is C15H20N2O2. The number of pyridine rings is 1. The number of ether oxygens (including phenoxy) is 2. The Morgan fingerprint density at radius 2 is 1.74 bits per heavy atom. The molecule has 0 saturated heterocycles. The number of aromatic nitrogens is 1. The first-order chi connectivity index (χ1) is 9.20. The van der Waals surface area contributed by atoms with Gasteiger partial charge in [-0.1, -0.05) is 19.9 Å². The van der Waals surface area contributed by atoms with Crippen molar-refractivity contribution in [1.82, 2.24) is 4.98 Å². The minimum Gasteiger partial charge on any atom is -0.496 e. The lowest BCUT2D eigenvalue weighted by Crippen LogP contribution is -1.94. The van der Waals surface area contributed by atoms with Crippen molar-refractivity contribution in [3.63, 3.8) is 0 Å². The van der Waals surface area contributed by atoms with Crippen LogP contribution in [0.3, 0.4) is 0 Å². The summed E-state index contributed by atoms with van der Waals surface area (Å²) >= 11 is 0. The maximum atomic E-state index is 5.66. The number of hydrogen-bond acceptors (Lipinski definition) is 4. The van der Waals surface area contributed by atoms with Gasteiger partial charge in [0.25, 0.3) is 0 Å². The van der Waals surface area contributed by atoms with Crippen molar-refractivity contribution in [2.75, 3.05) is 12.8 Å². The molecule has 1 aromatic carbocycles. The largest absolute Gasteiger partial charge is 0.496 e. The second kappa shape index (κ2) is 7.26. The standard InChI is InChI=1S/C13H14N2O2.C2H6/c1-9-11(16-2)4-3-5-12(9)17-13-7-6-10(14)8-15-13;1-2/h3-8H,14H2,1-2H3;1-2H3. The van der Waals surface area contributed by atoms with E-state index in [1.807, 2.05) is 39.0 Å². The van der Waals surface area contributed by atoms with Crippen LogP contribution >= 0.6 is 0 Å². The van der Waals surface area contributed by atoms with Gasteiger partial charge in [-0.15, -0.1) is 0 Å². The van der Waals surface area contributed by atoms with E-state index in [0.717, 1.165) is 17.1 Å². The predicted octanol–water partition coefficient (Wildman–Crippen LogP) is 3.80. The summed E-state index contributed by atoms with van der Waals surface area (Å²) in [7, 11) is 1.63. The Morgan fingerprint density at radius 3 is 2.32 bits per heavy atom. The molecule has 4 heteroatoms. The Kier molecular flexibility index (Phi) is 5.67. The third kappa shape index (κ3) is 3.88. The normalized spacial score (nSPS) is 9.26. The maximum Gasteiger partial charge on any atom is 0.219 e. The van der Waals surface area contributed by atoms with Crippen LogP contribution in [-0.4, -0.2) is 12.1 Å². The average molecular weight is 260 g/mol. The molecule has 0 saturated carbocycles. The van der Waals surface area contributed by atoms with E-state index in [2.05, 4.69) is 4.98 Å². The Morgan fingerprint density at radius 1 is 1.05 bits per heavy atom. The van der Waals surface area contributed by atoms with Crippen molar-refractivity contribution in [1.29, 1.82) is 0 Å². The maximum absolute atomic E-state index is 5.66. The highest BCUT2D eigenvalue weighted by molar-refractivity contribution is 5.45. The molecule has 1 heterocycles. The number of nitrogens with zero attached hydrogens (tertiary/aromatic N) is 1. The Balaban J connectivity index is 0.000000861. The molecule has 0 radical (unpaired) electrons. The molecule has 102 valence electrons. The first-order valence-electron chi connectivity index (χ1n) is 6.23. The summed E-state index contributed by atoms with van der Waals surface area (Å²) in [6, 6.07) is 9.11. The zero-order valence-electron chi connectivity index (χ0n) is 11.8. The SMILES string of the molecule is CC.COc1cccc(Oc2ccc(N)cn2)c1C. The van der Waals surface area contributed by atoms with Crippen LogP contribution in [0.25, 0.3) is 0 Å². The summed E-state index contributed by atoms with van der Waals surface area (Å²) in [5.41, 5.74) is 7.11. The topological polar surface area (TPSA) is 57.4 Å². The quantitative estimate of drug-likeness (QED) is 0.912. The number of nitrogens with two attached hydrogens (primary N) is 1. The zero-order valence-corrected chi connectivity index (χ0v) is 11.8. The molecule has 0 bridgehead atoms. The van der Waals surface area contributed by atoms with E-state index in [0.29, 0.717) is 11.6 Å². The number of rotatable bonds is 3. The molecule has 2 rings (SSSR count). The van der Waals surface area contributed by atoms with Gasteiger partial charge in [-0.2, -0.15) is 0 Å². The molecule has 0 aliphatic heterocycles. The monoisotopic (exact) mass is 260 g/mol. The molecule has 1 aromatic heterocycles. The van der Waals surface area contributed by atoms with Gasteiger partial charge in [0.2, 0.25) is 5.88 Å². The first-order valence-corrected chi connectivity index (χ1v) is 6.23. The lowest BCUT2D eigenvalue weighted by molar-refractivity contribution is 0.402. The van der Waals surface area contributed by atoms with Crippen molar-refractivity contribution < 1.29 is 9.47 Å². The van der Waals surface area contributed by atoms with E-state index in [1.165, 1.54) is 0 Å². The number of hydrogen-bond donors (Lipinski definition) is 1. The highest BCUT2D eigenvalue weighted by Gasteiger charge is 2.06. The van der Waals surface area contributed by atoms with Crippen molar-refractivity contribution in [2.24, 2.45) is 0 Å². The van der Waals surface area contributed by atoms with E-state index < -0.39 is 0 Å². The zero-order chi connectivity index (χ0) is 14.3. The molecule has 0 unspecified atom stereocenters. The number of benzene rings is 1. The fourth-order valence-electron chi connectivity index (χ4n) is 1.49. The summed E-state index contributed by atoms with van der Waals surface area (Å²) in [6.07, 6.45) is 1.56. The molecular weight excluding hydrogens is 240 g/mol. The van der Waals surface area contributed by atoms with Crippen LogP contribution in [0.15, 0.2) is 36.5 Å². The molecule has 19 heavy (non-hydrogen) atoms. The molecule has 0 aliphatic carbocycles. The number of nitrogen functional groups attached to an aromatic ring is 1. The summed E-state index contributed by atoms with van der Waals surface area (Å²) in [6.45, 7) is 5.94. The van der Waals surface area contributed by atoms with Gasteiger partial charge in [0.1, 0.15) is 11.5 Å². The van der Waals surface area contributed by atoms with E-state index >= 15 is 0 Å². The lowest BCUT2D eigenvalue weighted by Gasteiger charge is -2.10. The molecule has 0 fully saturated rings. The average Bonchev–Trinajstić information content (AvgIpc) is 2.46. The van der Waals surface area contributed by atoms with Gasteiger partial charge in [0.15, 0.2) is 0 Å². The van der Waals surface area contributed by atoms with Gasteiger partial charge in [-0.25, -0.2) is 4.98 Å². The second-order valence-electron chi connectivity index (χ2n) is 3.62. The minimum atomic E-state index is 0.510. The summed E-state index contributed by atoms with van der Waals surface area (Å²) in [5.74, 6) is 2.02. The summed E-state index contributed by atoms with van der Waals surface area (Å²) in [5, 5.41) is 0. The molecule has 2 N–H and O–H groups in total. The Bertz CT molecular complexity index is 510. The summed E-state index contributed by atoms with van der Waals surface area (Å²) in [4.78, 5) is 4.08. The van der Waals surface area contributed by atoms with Gasteiger partial charge >= 0.3 is 0 Å². The fraction of sp³-hybridized carbons (Fsp3) is 0.267. The Hall–Kier alpha value is -2.23. The van der Waals surface area contributed by atoms with E-state index in [1.54, 1.807) is 25.4 Å². The highest BCUT2D eigenvalue weighted by atomic mass is 16.5. The van der Waals surface area contributed by atoms with Crippen LogP contribution in [0.1, 0.15) is 19.4 Å². The smallest absolute Gasteiger partial charge is 0.219 e. The van der Waals surface area contributed by atoms with Crippen LogP contribution in [0, 0.1) is 6.92 Å². The van der Waals surface area contributed by atoms with E-state index in [9.17, 15) is 0 Å². The van der Waals surface area contributed by atoms with E-state index in [-0.39, 0.29) is 0 Å². The van der Waals surface area contributed by atoms with Gasteiger partial charge in [-0.3, -0.25) is 0 Å². The fourth-order valence-corrected chi connectivity index (χ4v) is 1.49. The molecule has 2 aromatic rings. The number of methoxy groups -OCH3 is 1. The third-order valence-electron chi connectivity index (χ3n) is 2.43. The third-order valence-corrected chi connectivity index (χ3v) is 2.43. The predicted molar refractivity (Wildman–Crippen MR) is 77.8 cm³/mol. The van der Waals surface area contributed by atoms with Gasteiger partial charge < -0.3 is 15.2 Å². The van der Waals surface area contributed by atoms with Crippen molar-refractivity contribution >= 4 is 5.69 Å². The van der Waals surface area contributed by atoms with Crippen LogP contribution in [0.4, 0.5) is 5.69 Å².